The topological polar surface area (TPSA) is 105 Å². The van der Waals surface area contributed by atoms with Crippen LogP contribution in [-0.2, 0) is 0 Å². The Hall–Kier alpha value is -3.07. The Morgan fingerprint density at radius 1 is 1.33 bits per heavy atom. The largest absolute Gasteiger partial charge is 0.398 e. The maximum absolute atomic E-state index is 13.9. The van der Waals surface area contributed by atoms with Crippen molar-refractivity contribution >= 4 is 23.0 Å². The number of halogens is 1. The van der Waals surface area contributed by atoms with Gasteiger partial charge in [0.15, 0.2) is 0 Å². The quantitative estimate of drug-likeness (QED) is 0.753. The molecule has 0 atom stereocenters. The van der Waals surface area contributed by atoms with Crippen LogP contribution < -0.4 is 16.8 Å². The van der Waals surface area contributed by atoms with Gasteiger partial charge < -0.3 is 16.8 Å². The van der Waals surface area contributed by atoms with Crippen LogP contribution in [0.3, 0.4) is 0 Å². The van der Waals surface area contributed by atoms with Crippen molar-refractivity contribution in [3.05, 3.63) is 52.8 Å². The van der Waals surface area contributed by atoms with Crippen molar-refractivity contribution < 1.29 is 9.18 Å². The molecule has 5 N–H and O–H groups in total. The average Bonchev–Trinajstić information content (AvgIpc) is 2.41. The summed E-state index contributed by atoms with van der Waals surface area (Å²) in [6.45, 7) is 1.78. The number of nitriles is 1. The van der Waals surface area contributed by atoms with Crippen molar-refractivity contribution in [2.75, 3.05) is 11.1 Å². The first-order valence-corrected chi connectivity index (χ1v) is 6.09. The van der Waals surface area contributed by atoms with E-state index in [1.54, 1.807) is 25.1 Å². The number of amides is 1. The lowest BCUT2D eigenvalue weighted by molar-refractivity contribution is 0.100. The molecule has 0 spiro atoms. The van der Waals surface area contributed by atoms with Crippen LogP contribution in [0.25, 0.3) is 0 Å². The number of hydrogen-bond acceptors (Lipinski definition) is 4. The van der Waals surface area contributed by atoms with E-state index < -0.39 is 11.7 Å². The second-order valence-corrected chi connectivity index (χ2v) is 4.52. The van der Waals surface area contributed by atoms with Gasteiger partial charge in [-0.25, -0.2) is 4.39 Å². The third-order valence-corrected chi connectivity index (χ3v) is 3.06. The summed E-state index contributed by atoms with van der Waals surface area (Å²) in [6, 6.07) is 9.46. The zero-order chi connectivity index (χ0) is 15.6. The van der Waals surface area contributed by atoms with E-state index in [0.717, 1.165) is 11.6 Å². The van der Waals surface area contributed by atoms with E-state index in [9.17, 15) is 9.18 Å². The monoisotopic (exact) mass is 284 g/mol. The van der Waals surface area contributed by atoms with Gasteiger partial charge in [0.1, 0.15) is 11.9 Å². The Kier molecular flexibility index (Phi) is 3.76. The third-order valence-electron chi connectivity index (χ3n) is 3.06. The van der Waals surface area contributed by atoms with Crippen LogP contribution in [0.2, 0.25) is 0 Å². The molecule has 0 aliphatic rings. The minimum absolute atomic E-state index is 0.0186. The number of carbonyl (C=O) groups is 1. The molecule has 6 heteroatoms. The minimum atomic E-state index is -0.750. The van der Waals surface area contributed by atoms with Gasteiger partial charge in [0, 0.05) is 5.69 Å². The molecule has 2 aromatic carbocycles. The number of rotatable bonds is 3. The number of hydrogen-bond donors (Lipinski definition) is 3. The molecule has 2 rings (SSSR count). The fraction of sp³-hybridized carbons (Fsp3) is 0.0667. The molecule has 0 radical (unpaired) electrons. The zero-order valence-corrected chi connectivity index (χ0v) is 11.3. The Bertz CT molecular complexity index is 765. The highest BCUT2D eigenvalue weighted by molar-refractivity contribution is 5.99. The Balaban J connectivity index is 2.50. The number of nitrogens with two attached hydrogens (primary N) is 2. The van der Waals surface area contributed by atoms with Crippen LogP contribution >= 0.6 is 0 Å². The molecule has 0 aromatic heterocycles. The summed E-state index contributed by atoms with van der Waals surface area (Å²) in [7, 11) is 0. The van der Waals surface area contributed by atoms with Crippen molar-refractivity contribution in [1.29, 1.82) is 5.26 Å². The summed E-state index contributed by atoms with van der Waals surface area (Å²) in [5.74, 6) is -1.39. The Labute approximate surface area is 121 Å². The fourth-order valence-corrected chi connectivity index (χ4v) is 1.96. The predicted molar refractivity (Wildman–Crippen MR) is 78.5 cm³/mol. The molecule has 0 aliphatic heterocycles. The molecule has 0 saturated heterocycles. The highest BCUT2D eigenvalue weighted by atomic mass is 19.1. The van der Waals surface area contributed by atoms with Crippen LogP contribution in [0, 0.1) is 24.1 Å². The lowest BCUT2D eigenvalue weighted by Gasteiger charge is -2.12. The summed E-state index contributed by atoms with van der Waals surface area (Å²) in [6.07, 6.45) is 0. The summed E-state index contributed by atoms with van der Waals surface area (Å²) >= 11 is 0. The van der Waals surface area contributed by atoms with Crippen molar-refractivity contribution in [3.63, 3.8) is 0 Å². The average molecular weight is 284 g/mol. The maximum atomic E-state index is 13.9. The first-order valence-electron chi connectivity index (χ1n) is 6.09. The van der Waals surface area contributed by atoms with Crippen LogP contribution in [-0.4, -0.2) is 5.91 Å². The number of nitrogens with one attached hydrogen (secondary N) is 1. The number of primary amides is 1. The number of carbonyl (C=O) groups excluding carboxylic acids is 1. The molecule has 0 saturated carbocycles. The second-order valence-electron chi connectivity index (χ2n) is 4.52. The lowest BCUT2D eigenvalue weighted by Crippen LogP contribution is -2.14. The second kappa shape index (κ2) is 5.51. The molecular weight excluding hydrogens is 271 g/mol. The molecule has 0 fully saturated rings. The van der Waals surface area contributed by atoms with Gasteiger partial charge >= 0.3 is 0 Å². The van der Waals surface area contributed by atoms with Gasteiger partial charge in [-0.05, 0) is 30.7 Å². The summed E-state index contributed by atoms with van der Waals surface area (Å²) in [5.41, 5.74) is 12.3. The molecule has 0 heterocycles. The molecule has 0 unspecified atom stereocenters. The van der Waals surface area contributed by atoms with E-state index in [1.807, 2.05) is 0 Å². The van der Waals surface area contributed by atoms with Crippen molar-refractivity contribution in [1.82, 2.24) is 0 Å². The minimum Gasteiger partial charge on any atom is -0.398 e. The molecule has 0 aliphatic carbocycles. The molecule has 0 bridgehead atoms. The van der Waals surface area contributed by atoms with Gasteiger partial charge in [-0.3, -0.25) is 4.79 Å². The van der Waals surface area contributed by atoms with Gasteiger partial charge in [0.05, 0.1) is 22.5 Å². The molecule has 21 heavy (non-hydrogen) atoms. The molecular formula is C15H13FN4O. The van der Waals surface area contributed by atoms with E-state index in [-0.39, 0.29) is 16.9 Å². The maximum Gasteiger partial charge on any atom is 0.250 e. The van der Waals surface area contributed by atoms with Gasteiger partial charge in [0.25, 0.3) is 5.91 Å². The normalized spacial score (nSPS) is 9.95. The van der Waals surface area contributed by atoms with E-state index in [0.29, 0.717) is 11.3 Å². The first kappa shape index (κ1) is 14.3. The van der Waals surface area contributed by atoms with Crippen LogP contribution in [0.5, 0.6) is 0 Å². The van der Waals surface area contributed by atoms with E-state index in [2.05, 4.69) is 11.4 Å². The number of nitrogen functional groups attached to an aromatic ring is 1. The third kappa shape index (κ3) is 2.77. The van der Waals surface area contributed by atoms with Crippen LogP contribution in [0.1, 0.15) is 21.5 Å². The Morgan fingerprint density at radius 2 is 2.05 bits per heavy atom. The first-order chi connectivity index (χ1) is 9.93. The molecule has 2 aromatic rings. The fourth-order valence-electron chi connectivity index (χ4n) is 1.96. The summed E-state index contributed by atoms with van der Waals surface area (Å²) < 4.78 is 13.9. The predicted octanol–water partition coefficient (Wildman–Crippen LogP) is 2.43. The lowest BCUT2D eigenvalue weighted by atomic mass is 10.1. The van der Waals surface area contributed by atoms with E-state index in [4.69, 9.17) is 16.7 Å². The van der Waals surface area contributed by atoms with Crippen LogP contribution in [0.15, 0.2) is 30.3 Å². The standard InChI is InChI=1S/C15H13FN4O/c1-8-3-2-4-13(10(8)7-17)20-14-5-9(15(19)21)12(18)6-11(14)16/h2-6,20H,18H2,1H3,(H2,19,21). The van der Waals surface area contributed by atoms with Crippen LogP contribution in [0.4, 0.5) is 21.5 Å². The number of aryl methyl sites for hydroxylation is 1. The molecule has 1 amide bonds. The summed E-state index contributed by atoms with van der Waals surface area (Å²) in [4.78, 5) is 11.3. The zero-order valence-electron chi connectivity index (χ0n) is 11.3. The van der Waals surface area contributed by atoms with Crippen molar-refractivity contribution in [3.8, 4) is 6.07 Å². The number of nitrogens with zero attached hydrogens (tertiary/aromatic N) is 1. The van der Waals surface area contributed by atoms with Gasteiger partial charge in [-0.15, -0.1) is 0 Å². The van der Waals surface area contributed by atoms with E-state index >= 15 is 0 Å². The molecule has 5 nitrogen and oxygen atoms in total. The van der Waals surface area contributed by atoms with Gasteiger partial charge in [-0.1, -0.05) is 12.1 Å². The highest BCUT2D eigenvalue weighted by Crippen LogP contribution is 2.27. The van der Waals surface area contributed by atoms with Gasteiger partial charge in [-0.2, -0.15) is 5.26 Å². The Morgan fingerprint density at radius 3 is 2.67 bits per heavy atom. The summed E-state index contributed by atoms with van der Waals surface area (Å²) in [5, 5.41) is 11.9. The van der Waals surface area contributed by atoms with Crippen molar-refractivity contribution in [2.24, 2.45) is 5.73 Å². The smallest absolute Gasteiger partial charge is 0.250 e. The number of benzene rings is 2. The molecule has 106 valence electrons. The SMILES string of the molecule is Cc1cccc(Nc2cc(C(N)=O)c(N)cc2F)c1C#N. The van der Waals surface area contributed by atoms with E-state index in [1.165, 1.54) is 6.07 Å². The number of anilines is 3. The highest BCUT2D eigenvalue weighted by Gasteiger charge is 2.13. The van der Waals surface area contributed by atoms with Gasteiger partial charge in [0.2, 0.25) is 0 Å². The van der Waals surface area contributed by atoms with Crippen molar-refractivity contribution in [2.45, 2.75) is 6.92 Å².